The van der Waals surface area contributed by atoms with Gasteiger partial charge in [-0.1, -0.05) is 48.2 Å². The minimum atomic E-state index is 0.0523. The van der Waals surface area contributed by atoms with Gasteiger partial charge in [0.15, 0.2) is 5.16 Å². The summed E-state index contributed by atoms with van der Waals surface area (Å²) in [6.07, 6.45) is 5.65. The SMILES string of the molecule is O=c1[nH]c(SCCCN2CCN(c3cccc4ccccc34)CC2)nc2sc3c(c12)CCCC3. The van der Waals surface area contributed by atoms with Crippen molar-refractivity contribution in [2.75, 3.05) is 43.4 Å². The Hall–Kier alpha value is -2.35. The van der Waals surface area contributed by atoms with Gasteiger partial charge in [0.25, 0.3) is 5.56 Å². The minimum Gasteiger partial charge on any atom is -0.368 e. The van der Waals surface area contributed by atoms with Gasteiger partial charge in [-0.15, -0.1) is 11.3 Å². The third-order valence-electron chi connectivity index (χ3n) is 7.14. The number of aromatic amines is 1. The van der Waals surface area contributed by atoms with Crippen LogP contribution >= 0.6 is 23.1 Å². The molecule has 1 aliphatic carbocycles. The van der Waals surface area contributed by atoms with Crippen LogP contribution in [0.5, 0.6) is 0 Å². The molecule has 7 heteroatoms. The van der Waals surface area contributed by atoms with Crippen molar-refractivity contribution >= 4 is 49.8 Å². The van der Waals surface area contributed by atoms with E-state index in [0.717, 1.165) is 73.1 Å². The molecule has 1 fully saturated rings. The molecule has 6 rings (SSSR count). The summed E-state index contributed by atoms with van der Waals surface area (Å²) in [4.78, 5) is 28.0. The molecule has 0 atom stereocenters. The number of nitrogens with zero attached hydrogens (tertiary/aromatic N) is 3. The second-order valence-corrected chi connectivity index (χ2v) is 11.5. The predicted molar refractivity (Wildman–Crippen MR) is 145 cm³/mol. The molecule has 0 bridgehead atoms. The molecule has 0 spiro atoms. The average molecular weight is 491 g/mol. The van der Waals surface area contributed by atoms with Crippen LogP contribution in [0.2, 0.25) is 0 Å². The largest absolute Gasteiger partial charge is 0.368 e. The van der Waals surface area contributed by atoms with Gasteiger partial charge in [0.2, 0.25) is 0 Å². The van der Waals surface area contributed by atoms with Crippen molar-refractivity contribution in [1.82, 2.24) is 14.9 Å². The van der Waals surface area contributed by atoms with Gasteiger partial charge in [0.05, 0.1) is 5.39 Å². The fourth-order valence-electron chi connectivity index (χ4n) is 5.37. The first-order valence-corrected chi connectivity index (χ1v) is 14.2. The van der Waals surface area contributed by atoms with E-state index < -0.39 is 0 Å². The topological polar surface area (TPSA) is 52.2 Å². The lowest BCUT2D eigenvalue weighted by Gasteiger charge is -2.36. The fourth-order valence-corrected chi connectivity index (χ4v) is 7.47. The molecule has 2 aromatic heterocycles. The van der Waals surface area contributed by atoms with Crippen LogP contribution < -0.4 is 10.5 Å². The highest BCUT2D eigenvalue weighted by Crippen LogP contribution is 2.34. The lowest BCUT2D eigenvalue weighted by atomic mass is 9.97. The van der Waals surface area contributed by atoms with Crippen LogP contribution in [0.4, 0.5) is 5.69 Å². The number of aryl methyl sites for hydroxylation is 2. The number of anilines is 1. The highest BCUT2D eigenvalue weighted by atomic mass is 32.2. The minimum absolute atomic E-state index is 0.0523. The molecule has 3 heterocycles. The zero-order valence-corrected chi connectivity index (χ0v) is 21.0. The van der Waals surface area contributed by atoms with E-state index in [-0.39, 0.29) is 5.56 Å². The zero-order chi connectivity index (χ0) is 22.9. The van der Waals surface area contributed by atoms with Crippen LogP contribution in [0.15, 0.2) is 52.4 Å². The molecule has 34 heavy (non-hydrogen) atoms. The van der Waals surface area contributed by atoms with E-state index in [1.54, 1.807) is 23.1 Å². The molecular weight excluding hydrogens is 460 g/mol. The number of hydrogen-bond donors (Lipinski definition) is 1. The van der Waals surface area contributed by atoms with E-state index in [2.05, 4.69) is 57.2 Å². The Morgan fingerprint density at radius 1 is 1.00 bits per heavy atom. The van der Waals surface area contributed by atoms with Gasteiger partial charge in [-0.05, 0) is 55.7 Å². The summed E-state index contributed by atoms with van der Waals surface area (Å²) < 4.78 is 0. The third-order valence-corrected chi connectivity index (χ3v) is 9.29. The molecule has 1 N–H and O–H groups in total. The molecule has 1 aliphatic heterocycles. The number of H-pyrrole nitrogens is 1. The van der Waals surface area contributed by atoms with Gasteiger partial charge in [0, 0.05) is 47.9 Å². The molecule has 1 saturated heterocycles. The van der Waals surface area contributed by atoms with Crippen LogP contribution in [0.1, 0.15) is 29.7 Å². The summed E-state index contributed by atoms with van der Waals surface area (Å²) in [6, 6.07) is 15.3. The first-order valence-electron chi connectivity index (χ1n) is 12.4. The van der Waals surface area contributed by atoms with Gasteiger partial charge in [0.1, 0.15) is 4.83 Å². The Labute approximate surface area is 208 Å². The van der Waals surface area contributed by atoms with Crippen molar-refractivity contribution in [2.45, 2.75) is 37.3 Å². The van der Waals surface area contributed by atoms with Crippen LogP contribution in [0.25, 0.3) is 21.0 Å². The van der Waals surface area contributed by atoms with E-state index in [1.807, 2.05) is 0 Å². The molecule has 176 valence electrons. The zero-order valence-electron chi connectivity index (χ0n) is 19.4. The maximum Gasteiger partial charge on any atom is 0.260 e. The van der Waals surface area contributed by atoms with Crippen LogP contribution in [-0.4, -0.2) is 53.3 Å². The quantitative estimate of drug-likeness (QED) is 0.225. The number of thiophene rings is 1. The van der Waals surface area contributed by atoms with Gasteiger partial charge in [-0.2, -0.15) is 0 Å². The molecule has 2 aromatic carbocycles. The van der Waals surface area contributed by atoms with Crippen molar-refractivity contribution in [2.24, 2.45) is 0 Å². The second-order valence-electron chi connectivity index (χ2n) is 9.29. The Morgan fingerprint density at radius 3 is 2.74 bits per heavy atom. The maximum atomic E-state index is 12.7. The van der Waals surface area contributed by atoms with Gasteiger partial charge >= 0.3 is 0 Å². The van der Waals surface area contributed by atoms with E-state index in [1.165, 1.54) is 39.7 Å². The van der Waals surface area contributed by atoms with E-state index in [4.69, 9.17) is 4.98 Å². The molecule has 4 aromatic rings. The van der Waals surface area contributed by atoms with Crippen LogP contribution in [-0.2, 0) is 12.8 Å². The lowest BCUT2D eigenvalue weighted by Crippen LogP contribution is -2.46. The van der Waals surface area contributed by atoms with Gasteiger partial charge in [-0.3, -0.25) is 9.69 Å². The summed E-state index contributed by atoms with van der Waals surface area (Å²) in [5.74, 6) is 0.975. The van der Waals surface area contributed by atoms with Crippen molar-refractivity contribution in [3.8, 4) is 0 Å². The smallest absolute Gasteiger partial charge is 0.260 e. The first-order chi connectivity index (χ1) is 16.8. The first kappa shape index (κ1) is 22.1. The van der Waals surface area contributed by atoms with Crippen molar-refractivity contribution in [3.05, 3.63) is 63.3 Å². The number of piperazine rings is 1. The van der Waals surface area contributed by atoms with Crippen molar-refractivity contribution in [3.63, 3.8) is 0 Å². The van der Waals surface area contributed by atoms with Crippen LogP contribution in [0, 0.1) is 0 Å². The van der Waals surface area contributed by atoms with Gasteiger partial charge < -0.3 is 9.88 Å². The number of benzene rings is 2. The monoisotopic (exact) mass is 490 g/mol. The number of aromatic nitrogens is 2. The second kappa shape index (κ2) is 9.72. The Morgan fingerprint density at radius 2 is 1.82 bits per heavy atom. The number of nitrogens with one attached hydrogen (secondary N) is 1. The van der Waals surface area contributed by atoms with E-state index >= 15 is 0 Å². The molecule has 0 radical (unpaired) electrons. The van der Waals surface area contributed by atoms with Gasteiger partial charge in [-0.25, -0.2) is 4.98 Å². The summed E-state index contributed by atoms with van der Waals surface area (Å²) in [7, 11) is 0. The molecule has 5 nitrogen and oxygen atoms in total. The molecule has 0 amide bonds. The predicted octanol–water partition coefficient (Wildman–Crippen LogP) is 5.32. The van der Waals surface area contributed by atoms with Crippen molar-refractivity contribution in [1.29, 1.82) is 0 Å². The summed E-state index contributed by atoms with van der Waals surface area (Å²) >= 11 is 3.42. The normalized spacial score (nSPS) is 16.9. The third kappa shape index (κ3) is 4.37. The summed E-state index contributed by atoms with van der Waals surface area (Å²) in [5, 5.41) is 4.29. The number of rotatable bonds is 6. The Kier molecular flexibility index (Phi) is 6.33. The molecule has 2 aliphatic rings. The summed E-state index contributed by atoms with van der Waals surface area (Å²) in [5.41, 5.74) is 2.67. The number of thioether (sulfide) groups is 1. The average Bonchev–Trinajstić information content (AvgIpc) is 3.26. The number of hydrogen-bond acceptors (Lipinski definition) is 6. The highest BCUT2D eigenvalue weighted by molar-refractivity contribution is 7.99. The number of fused-ring (bicyclic) bond motifs is 4. The highest BCUT2D eigenvalue weighted by Gasteiger charge is 2.20. The maximum absolute atomic E-state index is 12.7. The molecule has 0 saturated carbocycles. The Bertz CT molecular complexity index is 1370. The summed E-state index contributed by atoms with van der Waals surface area (Å²) in [6.45, 7) is 5.41. The van der Waals surface area contributed by atoms with Crippen molar-refractivity contribution < 1.29 is 0 Å². The Balaban J connectivity index is 1.02. The molecule has 0 unspecified atom stereocenters. The standard InChI is InChI=1S/C27H30N4OS2/c32-25-24-21-10-3-4-12-23(21)34-26(24)29-27(28-25)33-18-6-13-30-14-16-31(17-15-30)22-11-5-8-19-7-1-2-9-20(19)22/h1-2,5,7-9,11H,3-4,6,10,12-18H2,(H,28,29,32). The lowest BCUT2D eigenvalue weighted by molar-refractivity contribution is 0.259. The fraction of sp³-hybridized carbons (Fsp3) is 0.407. The molecular formula is C27H30N4OS2. The van der Waals surface area contributed by atoms with E-state index in [0.29, 0.717) is 0 Å². The van der Waals surface area contributed by atoms with E-state index in [9.17, 15) is 4.79 Å². The van der Waals surface area contributed by atoms with Crippen LogP contribution in [0.3, 0.4) is 0 Å².